The molecule has 0 atom stereocenters. The third kappa shape index (κ3) is 5.70. The lowest BCUT2D eigenvalue weighted by atomic mass is 10.0. The minimum absolute atomic E-state index is 0.222. The number of amides is 1. The van der Waals surface area contributed by atoms with Crippen LogP contribution >= 0.6 is 0 Å². The molecule has 0 bridgehead atoms. The quantitative estimate of drug-likeness (QED) is 0.648. The molecule has 2 rings (SSSR count). The van der Waals surface area contributed by atoms with Crippen molar-refractivity contribution in [3.05, 3.63) is 70.8 Å². The number of carbonyl (C=O) groups excluding carboxylic acids is 1. The molecule has 0 spiro atoms. The van der Waals surface area contributed by atoms with Gasteiger partial charge in [-0.1, -0.05) is 48.2 Å². The topological polar surface area (TPSA) is 75.6 Å². The molecule has 5 nitrogen and oxygen atoms in total. The van der Waals surface area contributed by atoms with E-state index in [1.54, 1.807) is 25.1 Å². The largest absolute Gasteiger partial charge is 0.478 e. The SMILES string of the molecule is Cc1c(C#CCCNC(=O)OCc2ccccc2)cccc1C(=O)O. The number of ether oxygens (including phenoxy) is 1. The lowest BCUT2D eigenvalue weighted by Gasteiger charge is -2.05. The fourth-order valence-corrected chi connectivity index (χ4v) is 2.16. The van der Waals surface area contributed by atoms with Gasteiger partial charge in [-0.25, -0.2) is 9.59 Å². The second-order valence-electron chi connectivity index (χ2n) is 5.32. The lowest BCUT2D eigenvalue weighted by molar-refractivity contribution is 0.0696. The van der Waals surface area contributed by atoms with E-state index < -0.39 is 12.1 Å². The molecule has 0 aromatic heterocycles. The fraction of sp³-hybridized carbons (Fsp3) is 0.200. The molecule has 0 heterocycles. The van der Waals surface area contributed by atoms with Gasteiger partial charge in [0.1, 0.15) is 6.61 Å². The summed E-state index contributed by atoms with van der Waals surface area (Å²) in [7, 11) is 0. The Hall–Kier alpha value is -3.26. The number of nitrogens with one attached hydrogen (secondary N) is 1. The van der Waals surface area contributed by atoms with Crippen LogP contribution in [0.4, 0.5) is 4.79 Å². The van der Waals surface area contributed by atoms with Gasteiger partial charge in [-0.2, -0.15) is 0 Å². The highest BCUT2D eigenvalue weighted by Gasteiger charge is 2.08. The van der Waals surface area contributed by atoms with E-state index in [9.17, 15) is 9.59 Å². The summed E-state index contributed by atoms with van der Waals surface area (Å²) >= 11 is 0. The Morgan fingerprint density at radius 1 is 1.12 bits per heavy atom. The molecule has 0 saturated carbocycles. The molecule has 0 aliphatic carbocycles. The van der Waals surface area contributed by atoms with Gasteiger partial charge in [0.2, 0.25) is 0 Å². The van der Waals surface area contributed by atoms with Crippen molar-refractivity contribution in [3.8, 4) is 11.8 Å². The smallest absolute Gasteiger partial charge is 0.407 e. The van der Waals surface area contributed by atoms with Crippen LogP contribution in [0.3, 0.4) is 0 Å². The molecule has 25 heavy (non-hydrogen) atoms. The van der Waals surface area contributed by atoms with E-state index in [1.165, 1.54) is 0 Å². The summed E-state index contributed by atoms with van der Waals surface area (Å²) in [5, 5.41) is 11.7. The Balaban J connectivity index is 1.76. The Labute approximate surface area is 146 Å². The van der Waals surface area contributed by atoms with Gasteiger partial charge in [-0.3, -0.25) is 0 Å². The van der Waals surface area contributed by atoms with Gasteiger partial charge in [0, 0.05) is 18.5 Å². The normalized spacial score (nSPS) is 9.64. The number of carbonyl (C=O) groups is 2. The van der Waals surface area contributed by atoms with E-state index in [0.717, 1.165) is 5.56 Å². The third-order valence-electron chi connectivity index (χ3n) is 3.52. The van der Waals surface area contributed by atoms with Crippen molar-refractivity contribution < 1.29 is 19.4 Å². The van der Waals surface area contributed by atoms with Crippen LogP contribution in [-0.2, 0) is 11.3 Å². The Morgan fingerprint density at radius 3 is 2.60 bits per heavy atom. The number of hydrogen-bond acceptors (Lipinski definition) is 3. The van der Waals surface area contributed by atoms with Crippen LogP contribution in [0.25, 0.3) is 0 Å². The minimum atomic E-state index is -0.969. The van der Waals surface area contributed by atoms with Gasteiger partial charge in [-0.05, 0) is 30.2 Å². The van der Waals surface area contributed by atoms with Crippen LogP contribution < -0.4 is 5.32 Å². The molecule has 0 radical (unpaired) electrons. The lowest BCUT2D eigenvalue weighted by Crippen LogP contribution is -2.24. The zero-order chi connectivity index (χ0) is 18.1. The summed E-state index contributed by atoms with van der Waals surface area (Å²) < 4.78 is 5.09. The summed E-state index contributed by atoms with van der Waals surface area (Å²) in [6.45, 7) is 2.31. The molecule has 128 valence electrons. The summed E-state index contributed by atoms with van der Waals surface area (Å²) in [6, 6.07) is 14.4. The van der Waals surface area contributed by atoms with Gasteiger partial charge in [0.15, 0.2) is 0 Å². The highest BCUT2D eigenvalue weighted by atomic mass is 16.5. The average molecular weight is 337 g/mol. The average Bonchev–Trinajstić information content (AvgIpc) is 2.61. The maximum absolute atomic E-state index is 11.6. The zero-order valence-corrected chi connectivity index (χ0v) is 13.9. The van der Waals surface area contributed by atoms with Crippen LogP contribution in [0.15, 0.2) is 48.5 Å². The number of carboxylic acids is 1. The minimum Gasteiger partial charge on any atom is -0.478 e. The molecule has 0 aliphatic heterocycles. The van der Waals surface area contributed by atoms with Crippen molar-refractivity contribution in [1.29, 1.82) is 0 Å². The van der Waals surface area contributed by atoms with E-state index >= 15 is 0 Å². The fourth-order valence-electron chi connectivity index (χ4n) is 2.16. The third-order valence-corrected chi connectivity index (χ3v) is 3.52. The molecule has 5 heteroatoms. The van der Waals surface area contributed by atoms with Gasteiger partial charge < -0.3 is 15.2 Å². The first-order valence-electron chi connectivity index (χ1n) is 7.84. The molecule has 0 aliphatic rings. The van der Waals surface area contributed by atoms with E-state index in [1.807, 2.05) is 30.3 Å². The predicted molar refractivity (Wildman–Crippen MR) is 94.3 cm³/mol. The molecular weight excluding hydrogens is 318 g/mol. The van der Waals surface area contributed by atoms with Crippen LogP contribution in [-0.4, -0.2) is 23.7 Å². The number of benzene rings is 2. The van der Waals surface area contributed by atoms with Crippen LogP contribution in [0.5, 0.6) is 0 Å². The number of hydrogen-bond donors (Lipinski definition) is 2. The predicted octanol–water partition coefficient (Wildman–Crippen LogP) is 3.36. The summed E-state index contributed by atoms with van der Waals surface area (Å²) in [5.41, 5.74) is 2.48. The number of rotatable bonds is 5. The summed E-state index contributed by atoms with van der Waals surface area (Å²) in [4.78, 5) is 22.7. The monoisotopic (exact) mass is 337 g/mol. The van der Waals surface area contributed by atoms with Gasteiger partial charge in [0.05, 0.1) is 5.56 Å². The Kier molecular flexibility index (Phi) is 6.61. The molecule has 0 fully saturated rings. The molecule has 2 aromatic carbocycles. The Morgan fingerprint density at radius 2 is 1.88 bits per heavy atom. The summed E-state index contributed by atoms with van der Waals surface area (Å²) in [6.07, 6.45) is -0.0494. The Bertz CT molecular complexity index is 803. The van der Waals surface area contributed by atoms with Crippen LogP contribution in [0.1, 0.15) is 33.5 Å². The maximum atomic E-state index is 11.6. The zero-order valence-electron chi connectivity index (χ0n) is 13.9. The first-order chi connectivity index (χ1) is 12.1. The first-order valence-corrected chi connectivity index (χ1v) is 7.84. The van der Waals surface area contributed by atoms with Crippen LogP contribution in [0, 0.1) is 18.8 Å². The van der Waals surface area contributed by atoms with E-state index in [0.29, 0.717) is 24.1 Å². The number of aromatic carboxylic acids is 1. The number of carboxylic acid groups (broad SMARTS) is 1. The standard InChI is InChI=1S/C20H19NO4/c1-15-17(11-7-12-18(15)19(22)23)10-5-6-13-21-20(24)25-14-16-8-3-2-4-9-16/h2-4,7-9,11-12H,6,13-14H2,1H3,(H,21,24)(H,22,23). The summed E-state index contributed by atoms with van der Waals surface area (Å²) in [5.74, 6) is 4.89. The highest BCUT2D eigenvalue weighted by molar-refractivity contribution is 5.90. The number of alkyl carbamates (subject to hydrolysis) is 1. The van der Waals surface area contributed by atoms with Crippen molar-refractivity contribution in [1.82, 2.24) is 5.32 Å². The first kappa shape index (κ1) is 18.1. The molecule has 2 aromatic rings. The van der Waals surface area contributed by atoms with E-state index in [2.05, 4.69) is 17.2 Å². The van der Waals surface area contributed by atoms with E-state index in [-0.39, 0.29) is 12.2 Å². The molecular formula is C20H19NO4. The second-order valence-corrected chi connectivity index (χ2v) is 5.32. The van der Waals surface area contributed by atoms with Gasteiger partial charge >= 0.3 is 12.1 Å². The molecule has 0 saturated heterocycles. The maximum Gasteiger partial charge on any atom is 0.407 e. The van der Waals surface area contributed by atoms with Crippen molar-refractivity contribution in [2.24, 2.45) is 0 Å². The molecule has 1 amide bonds. The molecule has 2 N–H and O–H groups in total. The van der Waals surface area contributed by atoms with Gasteiger partial charge in [0.25, 0.3) is 0 Å². The van der Waals surface area contributed by atoms with Crippen LogP contribution in [0.2, 0.25) is 0 Å². The molecule has 0 unspecified atom stereocenters. The van der Waals surface area contributed by atoms with Crippen molar-refractivity contribution in [3.63, 3.8) is 0 Å². The van der Waals surface area contributed by atoms with Crippen molar-refractivity contribution in [2.75, 3.05) is 6.54 Å². The van der Waals surface area contributed by atoms with E-state index in [4.69, 9.17) is 9.84 Å². The second kappa shape index (κ2) is 9.14. The van der Waals surface area contributed by atoms with Crippen molar-refractivity contribution in [2.45, 2.75) is 20.0 Å². The highest BCUT2D eigenvalue weighted by Crippen LogP contribution is 2.12. The van der Waals surface area contributed by atoms with Gasteiger partial charge in [-0.15, -0.1) is 0 Å². The van der Waals surface area contributed by atoms with Crippen molar-refractivity contribution >= 4 is 12.1 Å².